The summed E-state index contributed by atoms with van der Waals surface area (Å²) in [6.07, 6.45) is 4.83. The largest absolute Gasteiger partial charge is 0.396 e. The van der Waals surface area contributed by atoms with Gasteiger partial charge in [-0.05, 0) is 43.2 Å². The Morgan fingerprint density at radius 2 is 2.35 bits per heavy atom. The van der Waals surface area contributed by atoms with E-state index in [0.29, 0.717) is 13.1 Å². The van der Waals surface area contributed by atoms with Crippen molar-refractivity contribution < 1.29 is 9.90 Å². The van der Waals surface area contributed by atoms with E-state index < -0.39 is 0 Å². The van der Waals surface area contributed by atoms with Crippen molar-refractivity contribution in [2.24, 2.45) is 5.92 Å². The summed E-state index contributed by atoms with van der Waals surface area (Å²) in [6, 6.07) is 6.26. The third-order valence-corrected chi connectivity index (χ3v) is 4.74. The van der Waals surface area contributed by atoms with Gasteiger partial charge in [-0.15, -0.1) is 0 Å². The van der Waals surface area contributed by atoms with Crippen molar-refractivity contribution in [3.8, 4) is 0 Å². The third-order valence-electron chi connectivity index (χ3n) is 4.74. The molecule has 1 aromatic heterocycles. The number of carbonyl (C=O) groups excluding carboxylic acids is 1. The van der Waals surface area contributed by atoms with Gasteiger partial charge in [-0.3, -0.25) is 0 Å². The first-order chi connectivity index (χ1) is 11.2. The van der Waals surface area contributed by atoms with Gasteiger partial charge in [0, 0.05) is 43.3 Å². The van der Waals surface area contributed by atoms with Gasteiger partial charge >= 0.3 is 6.03 Å². The van der Waals surface area contributed by atoms with Gasteiger partial charge in [0.2, 0.25) is 0 Å². The highest BCUT2D eigenvalue weighted by molar-refractivity contribution is 5.86. The topological polar surface area (TPSA) is 68.4 Å². The lowest BCUT2D eigenvalue weighted by atomic mass is 9.99. The zero-order valence-corrected chi connectivity index (χ0v) is 13.6. The number of piperidine rings is 1. The molecule has 2 amide bonds. The number of para-hydroxylation sites is 1. The van der Waals surface area contributed by atoms with E-state index in [4.69, 9.17) is 0 Å². The lowest BCUT2D eigenvalue weighted by Gasteiger charge is -2.31. The number of hydrogen-bond acceptors (Lipinski definition) is 2. The molecule has 5 nitrogen and oxygen atoms in total. The Bertz CT molecular complexity index is 680. The number of H-pyrrole nitrogens is 1. The molecule has 5 heteroatoms. The molecular weight excluding hydrogens is 290 g/mol. The van der Waals surface area contributed by atoms with Crippen LogP contribution >= 0.6 is 0 Å². The molecule has 1 aliphatic rings. The zero-order valence-electron chi connectivity index (χ0n) is 13.6. The number of urea groups is 1. The maximum absolute atomic E-state index is 12.2. The fourth-order valence-corrected chi connectivity index (χ4v) is 3.39. The third kappa shape index (κ3) is 3.50. The van der Waals surface area contributed by atoms with Gasteiger partial charge in [-0.25, -0.2) is 4.79 Å². The van der Waals surface area contributed by atoms with Gasteiger partial charge in [0.05, 0.1) is 0 Å². The Morgan fingerprint density at radius 3 is 3.17 bits per heavy atom. The van der Waals surface area contributed by atoms with E-state index in [2.05, 4.69) is 35.4 Å². The Hall–Kier alpha value is -2.01. The van der Waals surface area contributed by atoms with Crippen molar-refractivity contribution in [2.75, 3.05) is 26.2 Å². The monoisotopic (exact) mass is 315 g/mol. The van der Waals surface area contributed by atoms with Crippen LogP contribution in [-0.4, -0.2) is 47.3 Å². The van der Waals surface area contributed by atoms with Crippen molar-refractivity contribution in [1.82, 2.24) is 15.2 Å². The van der Waals surface area contributed by atoms with Crippen LogP contribution < -0.4 is 5.32 Å². The number of nitrogens with zero attached hydrogens (tertiary/aromatic N) is 1. The summed E-state index contributed by atoms with van der Waals surface area (Å²) in [5.74, 6) is 0.228. The summed E-state index contributed by atoms with van der Waals surface area (Å²) in [6.45, 7) is 4.33. The summed E-state index contributed by atoms with van der Waals surface area (Å²) in [7, 11) is 0. The van der Waals surface area contributed by atoms with E-state index in [-0.39, 0.29) is 18.6 Å². The number of fused-ring (bicyclic) bond motifs is 1. The van der Waals surface area contributed by atoms with E-state index in [1.807, 2.05) is 11.1 Å². The number of aliphatic hydroxyl groups excluding tert-OH is 1. The first-order valence-corrected chi connectivity index (χ1v) is 8.38. The van der Waals surface area contributed by atoms with Crippen molar-refractivity contribution in [1.29, 1.82) is 0 Å². The van der Waals surface area contributed by atoms with Gasteiger partial charge in [0.25, 0.3) is 0 Å². The molecule has 1 fully saturated rings. The van der Waals surface area contributed by atoms with E-state index in [9.17, 15) is 9.90 Å². The zero-order chi connectivity index (χ0) is 16.2. The molecule has 2 aromatic rings. The van der Waals surface area contributed by atoms with E-state index in [0.717, 1.165) is 25.8 Å². The molecule has 2 heterocycles. The predicted molar refractivity (Wildman–Crippen MR) is 91.5 cm³/mol. The molecule has 1 aliphatic heterocycles. The second kappa shape index (κ2) is 7.04. The number of rotatable bonds is 4. The minimum absolute atomic E-state index is 0.0147. The molecule has 0 saturated carbocycles. The number of aliphatic hydroxyl groups is 1. The predicted octanol–water partition coefficient (Wildman–Crippen LogP) is 2.43. The lowest BCUT2D eigenvalue weighted by Crippen LogP contribution is -2.46. The van der Waals surface area contributed by atoms with Gasteiger partial charge < -0.3 is 20.3 Å². The minimum atomic E-state index is -0.0147. The van der Waals surface area contributed by atoms with Crippen LogP contribution in [0.4, 0.5) is 4.79 Å². The lowest BCUT2D eigenvalue weighted by molar-refractivity contribution is 0.129. The normalized spacial score (nSPS) is 18.3. The standard InChI is InChI=1S/C18H25N3O2/c1-13-4-2-6-16-15(10-20-17(13)16)7-8-19-18(23)21-9-3-5-14(11-21)12-22/h2,4,6,10,14,20,22H,3,5,7-9,11-12H2,1H3,(H,19,23). The molecule has 1 aromatic carbocycles. The highest BCUT2D eigenvalue weighted by Gasteiger charge is 2.22. The van der Waals surface area contributed by atoms with Crippen molar-refractivity contribution >= 4 is 16.9 Å². The number of likely N-dealkylation sites (tertiary alicyclic amines) is 1. The second-order valence-corrected chi connectivity index (χ2v) is 6.43. The van der Waals surface area contributed by atoms with Crippen LogP contribution in [0, 0.1) is 12.8 Å². The van der Waals surface area contributed by atoms with Gasteiger partial charge in [-0.2, -0.15) is 0 Å². The Kier molecular flexibility index (Phi) is 4.86. The van der Waals surface area contributed by atoms with E-state index >= 15 is 0 Å². The number of aryl methyl sites for hydroxylation is 1. The maximum Gasteiger partial charge on any atom is 0.317 e. The summed E-state index contributed by atoms with van der Waals surface area (Å²) in [5.41, 5.74) is 3.65. The number of nitrogens with one attached hydrogen (secondary N) is 2. The number of aromatic nitrogens is 1. The van der Waals surface area contributed by atoms with Crippen LogP contribution in [-0.2, 0) is 6.42 Å². The highest BCUT2D eigenvalue weighted by Crippen LogP contribution is 2.21. The van der Waals surface area contributed by atoms with Gasteiger partial charge in [0.1, 0.15) is 0 Å². The molecule has 0 spiro atoms. The number of amides is 2. The first kappa shape index (κ1) is 15.9. The Morgan fingerprint density at radius 1 is 1.48 bits per heavy atom. The molecule has 1 unspecified atom stereocenters. The van der Waals surface area contributed by atoms with Gasteiger partial charge in [0.15, 0.2) is 0 Å². The van der Waals surface area contributed by atoms with E-state index in [1.165, 1.54) is 22.0 Å². The Balaban J connectivity index is 1.54. The molecule has 3 rings (SSSR count). The average molecular weight is 315 g/mol. The van der Waals surface area contributed by atoms with Gasteiger partial charge in [-0.1, -0.05) is 18.2 Å². The second-order valence-electron chi connectivity index (χ2n) is 6.43. The van der Waals surface area contributed by atoms with Crippen LogP contribution in [0.3, 0.4) is 0 Å². The molecular formula is C18H25N3O2. The van der Waals surface area contributed by atoms with Crippen LogP contribution in [0.1, 0.15) is 24.0 Å². The fourth-order valence-electron chi connectivity index (χ4n) is 3.39. The fraction of sp³-hybridized carbons (Fsp3) is 0.500. The van der Waals surface area contributed by atoms with E-state index in [1.54, 1.807) is 0 Å². The summed E-state index contributed by atoms with van der Waals surface area (Å²) < 4.78 is 0. The summed E-state index contributed by atoms with van der Waals surface area (Å²) in [5, 5.41) is 13.5. The molecule has 23 heavy (non-hydrogen) atoms. The molecule has 1 atom stereocenters. The van der Waals surface area contributed by atoms with Crippen molar-refractivity contribution in [3.63, 3.8) is 0 Å². The summed E-state index contributed by atoms with van der Waals surface area (Å²) in [4.78, 5) is 17.4. The summed E-state index contributed by atoms with van der Waals surface area (Å²) >= 11 is 0. The molecule has 3 N–H and O–H groups in total. The number of aromatic amines is 1. The van der Waals surface area contributed by atoms with Crippen LogP contribution in [0.5, 0.6) is 0 Å². The van der Waals surface area contributed by atoms with Crippen molar-refractivity contribution in [2.45, 2.75) is 26.2 Å². The molecule has 0 aliphatic carbocycles. The average Bonchev–Trinajstić information content (AvgIpc) is 2.99. The highest BCUT2D eigenvalue weighted by atomic mass is 16.3. The molecule has 0 bridgehead atoms. The SMILES string of the molecule is Cc1cccc2c(CCNC(=O)N3CCCC(CO)C3)c[nH]c12. The van der Waals surface area contributed by atoms with Crippen LogP contribution in [0.2, 0.25) is 0 Å². The minimum Gasteiger partial charge on any atom is -0.396 e. The quantitative estimate of drug-likeness (QED) is 0.811. The van der Waals surface area contributed by atoms with Crippen LogP contribution in [0.25, 0.3) is 10.9 Å². The van der Waals surface area contributed by atoms with Crippen LogP contribution in [0.15, 0.2) is 24.4 Å². The molecule has 124 valence electrons. The smallest absolute Gasteiger partial charge is 0.317 e. The first-order valence-electron chi connectivity index (χ1n) is 8.38. The molecule has 1 saturated heterocycles. The Labute approximate surface area is 136 Å². The molecule has 0 radical (unpaired) electrons. The van der Waals surface area contributed by atoms with Crippen molar-refractivity contribution in [3.05, 3.63) is 35.5 Å². The number of benzene rings is 1. The number of hydrogen-bond donors (Lipinski definition) is 3. The maximum atomic E-state index is 12.2. The number of carbonyl (C=O) groups is 1.